The molecule has 1 atom stereocenters. The van der Waals surface area contributed by atoms with Gasteiger partial charge in [-0.3, -0.25) is 4.90 Å². The van der Waals surface area contributed by atoms with Crippen molar-refractivity contribution in [3.63, 3.8) is 0 Å². The van der Waals surface area contributed by atoms with E-state index in [1.165, 1.54) is 11.1 Å². The van der Waals surface area contributed by atoms with Gasteiger partial charge in [-0.2, -0.15) is 0 Å². The van der Waals surface area contributed by atoms with Crippen molar-refractivity contribution < 1.29 is 14.6 Å². The number of methoxy groups -OCH3 is 2. The summed E-state index contributed by atoms with van der Waals surface area (Å²) in [4.78, 5) is 2.41. The molecule has 4 nitrogen and oxygen atoms in total. The maximum Gasteiger partial charge on any atom is 0.161 e. The fourth-order valence-electron chi connectivity index (χ4n) is 2.91. The monoisotopic (exact) mass is 293 g/mol. The Bertz CT molecular complexity index is 485. The van der Waals surface area contributed by atoms with Gasteiger partial charge in [-0.15, -0.1) is 0 Å². The zero-order chi connectivity index (χ0) is 15.5. The summed E-state index contributed by atoms with van der Waals surface area (Å²) in [5.41, 5.74) is 1.96. The molecule has 1 saturated heterocycles. The molecule has 0 spiro atoms. The second kappa shape index (κ2) is 6.67. The standard InChI is InChI=1S/C17H27NO3/c1-13-10-15(20-3)16(21-4)11-14(13)12-18-8-5-6-17(2,19)7-9-18/h10-11,19H,5-9,12H2,1-4H3. The third-order valence-electron chi connectivity index (χ3n) is 4.39. The van der Waals surface area contributed by atoms with E-state index in [2.05, 4.69) is 17.9 Å². The minimum atomic E-state index is -0.513. The zero-order valence-corrected chi connectivity index (χ0v) is 13.6. The van der Waals surface area contributed by atoms with E-state index < -0.39 is 5.60 Å². The molecule has 0 aromatic heterocycles. The van der Waals surface area contributed by atoms with Gasteiger partial charge in [0.2, 0.25) is 0 Å². The molecule has 1 unspecified atom stereocenters. The predicted molar refractivity (Wildman–Crippen MR) is 84.0 cm³/mol. The lowest BCUT2D eigenvalue weighted by molar-refractivity contribution is 0.0444. The number of rotatable bonds is 4. The van der Waals surface area contributed by atoms with E-state index >= 15 is 0 Å². The number of nitrogens with zero attached hydrogens (tertiary/aromatic N) is 1. The van der Waals surface area contributed by atoms with Crippen molar-refractivity contribution in [3.8, 4) is 11.5 Å². The first-order chi connectivity index (χ1) is 9.95. The Morgan fingerprint density at radius 2 is 1.81 bits per heavy atom. The van der Waals surface area contributed by atoms with Crippen LogP contribution in [0.1, 0.15) is 37.3 Å². The van der Waals surface area contributed by atoms with E-state index in [0.717, 1.165) is 50.4 Å². The molecule has 0 aliphatic carbocycles. The third kappa shape index (κ3) is 4.11. The number of hydrogen-bond acceptors (Lipinski definition) is 4. The van der Waals surface area contributed by atoms with Crippen molar-refractivity contribution in [1.82, 2.24) is 4.90 Å². The van der Waals surface area contributed by atoms with Crippen LogP contribution in [-0.2, 0) is 6.54 Å². The second-order valence-corrected chi connectivity index (χ2v) is 6.26. The van der Waals surface area contributed by atoms with Gasteiger partial charge in [0.25, 0.3) is 0 Å². The first-order valence-electron chi connectivity index (χ1n) is 7.61. The topological polar surface area (TPSA) is 41.9 Å². The summed E-state index contributed by atoms with van der Waals surface area (Å²) < 4.78 is 10.7. The number of aliphatic hydroxyl groups is 1. The van der Waals surface area contributed by atoms with Gasteiger partial charge in [-0.25, -0.2) is 0 Å². The van der Waals surface area contributed by atoms with Crippen LogP contribution < -0.4 is 9.47 Å². The number of likely N-dealkylation sites (tertiary alicyclic amines) is 1. The van der Waals surface area contributed by atoms with E-state index in [1.54, 1.807) is 14.2 Å². The van der Waals surface area contributed by atoms with Gasteiger partial charge < -0.3 is 14.6 Å². The summed E-state index contributed by atoms with van der Waals surface area (Å²) in [6, 6.07) is 4.10. The van der Waals surface area contributed by atoms with Crippen LogP contribution in [0.3, 0.4) is 0 Å². The Kier molecular flexibility index (Phi) is 5.12. The molecule has 1 aliphatic heterocycles. The number of ether oxygens (including phenoxy) is 2. The normalized spacial score (nSPS) is 23.7. The quantitative estimate of drug-likeness (QED) is 0.927. The van der Waals surface area contributed by atoms with E-state index in [0.29, 0.717) is 0 Å². The average molecular weight is 293 g/mol. The summed E-state index contributed by atoms with van der Waals surface area (Å²) >= 11 is 0. The Labute approximate surface area is 127 Å². The Morgan fingerprint density at radius 3 is 2.48 bits per heavy atom. The van der Waals surface area contributed by atoms with E-state index in [9.17, 15) is 5.11 Å². The average Bonchev–Trinajstić information content (AvgIpc) is 2.61. The summed E-state index contributed by atoms with van der Waals surface area (Å²) in [6.45, 7) is 6.90. The summed E-state index contributed by atoms with van der Waals surface area (Å²) in [5, 5.41) is 10.2. The lowest BCUT2D eigenvalue weighted by Crippen LogP contribution is -2.28. The van der Waals surface area contributed by atoms with E-state index in [-0.39, 0.29) is 0 Å². The zero-order valence-electron chi connectivity index (χ0n) is 13.6. The summed E-state index contributed by atoms with van der Waals surface area (Å²) in [6.07, 6.45) is 2.76. The molecule has 0 amide bonds. The Morgan fingerprint density at radius 1 is 1.14 bits per heavy atom. The molecule has 1 aromatic carbocycles. The highest BCUT2D eigenvalue weighted by atomic mass is 16.5. The first kappa shape index (κ1) is 16.1. The fraction of sp³-hybridized carbons (Fsp3) is 0.647. The molecular weight excluding hydrogens is 266 g/mol. The fourth-order valence-corrected chi connectivity index (χ4v) is 2.91. The highest BCUT2D eigenvalue weighted by Crippen LogP contribution is 2.31. The lowest BCUT2D eigenvalue weighted by Gasteiger charge is -2.23. The van der Waals surface area contributed by atoms with Gasteiger partial charge in [0, 0.05) is 13.1 Å². The van der Waals surface area contributed by atoms with Crippen LogP contribution in [0.25, 0.3) is 0 Å². The minimum absolute atomic E-state index is 0.513. The Balaban J connectivity index is 2.12. The van der Waals surface area contributed by atoms with Crippen molar-refractivity contribution in [2.45, 2.75) is 45.3 Å². The SMILES string of the molecule is COc1cc(C)c(CN2CCCC(C)(O)CC2)cc1OC. The van der Waals surface area contributed by atoms with Crippen molar-refractivity contribution in [2.75, 3.05) is 27.3 Å². The van der Waals surface area contributed by atoms with Gasteiger partial charge in [-0.05, 0) is 62.9 Å². The lowest BCUT2D eigenvalue weighted by atomic mass is 9.98. The molecular formula is C17H27NO3. The van der Waals surface area contributed by atoms with Crippen molar-refractivity contribution in [3.05, 3.63) is 23.3 Å². The van der Waals surface area contributed by atoms with Crippen molar-refractivity contribution >= 4 is 0 Å². The molecule has 2 rings (SSSR count). The molecule has 1 aliphatic rings. The molecule has 21 heavy (non-hydrogen) atoms. The molecule has 1 N–H and O–H groups in total. The van der Waals surface area contributed by atoms with Crippen LogP contribution in [0.15, 0.2) is 12.1 Å². The van der Waals surface area contributed by atoms with Gasteiger partial charge in [-0.1, -0.05) is 0 Å². The third-order valence-corrected chi connectivity index (χ3v) is 4.39. The number of aryl methyl sites for hydroxylation is 1. The van der Waals surface area contributed by atoms with E-state index in [4.69, 9.17) is 9.47 Å². The number of benzene rings is 1. The van der Waals surface area contributed by atoms with Crippen LogP contribution in [0, 0.1) is 6.92 Å². The molecule has 1 heterocycles. The second-order valence-electron chi connectivity index (χ2n) is 6.26. The van der Waals surface area contributed by atoms with Crippen LogP contribution in [-0.4, -0.2) is 42.9 Å². The van der Waals surface area contributed by atoms with Crippen LogP contribution >= 0.6 is 0 Å². The smallest absolute Gasteiger partial charge is 0.161 e. The highest BCUT2D eigenvalue weighted by Gasteiger charge is 2.25. The molecule has 4 heteroatoms. The molecule has 118 valence electrons. The maximum atomic E-state index is 10.2. The Hall–Kier alpha value is -1.26. The molecule has 0 radical (unpaired) electrons. The van der Waals surface area contributed by atoms with Crippen LogP contribution in [0.5, 0.6) is 11.5 Å². The minimum Gasteiger partial charge on any atom is -0.493 e. The molecule has 1 aromatic rings. The maximum absolute atomic E-state index is 10.2. The summed E-state index contributed by atoms with van der Waals surface area (Å²) in [7, 11) is 3.33. The number of hydrogen-bond donors (Lipinski definition) is 1. The molecule has 0 bridgehead atoms. The van der Waals surface area contributed by atoms with E-state index in [1.807, 2.05) is 13.0 Å². The first-order valence-corrected chi connectivity index (χ1v) is 7.61. The van der Waals surface area contributed by atoms with Crippen LogP contribution in [0.2, 0.25) is 0 Å². The predicted octanol–water partition coefficient (Wildman–Crippen LogP) is 2.75. The molecule has 1 fully saturated rings. The largest absolute Gasteiger partial charge is 0.493 e. The van der Waals surface area contributed by atoms with Gasteiger partial charge >= 0.3 is 0 Å². The van der Waals surface area contributed by atoms with Gasteiger partial charge in [0.15, 0.2) is 11.5 Å². The van der Waals surface area contributed by atoms with Gasteiger partial charge in [0.05, 0.1) is 19.8 Å². The van der Waals surface area contributed by atoms with Crippen molar-refractivity contribution in [2.24, 2.45) is 0 Å². The van der Waals surface area contributed by atoms with Crippen molar-refractivity contribution in [1.29, 1.82) is 0 Å². The van der Waals surface area contributed by atoms with Gasteiger partial charge in [0.1, 0.15) is 0 Å². The highest BCUT2D eigenvalue weighted by molar-refractivity contribution is 5.47. The summed E-state index contributed by atoms with van der Waals surface area (Å²) in [5.74, 6) is 1.55. The molecule has 0 saturated carbocycles. The van der Waals surface area contributed by atoms with Crippen LogP contribution in [0.4, 0.5) is 0 Å².